The maximum absolute atomic E-state index is 11.9. The third-order valence-corrected chi connectivity index (χ3v) is 5.23. The summed E-state index contributed by atoms with van der Waals surface area (Å²) < 4.78 is 0. The number of carboxylic acid groups (broad SMARTS) is 1. The fraction of sp³-hybridized carbons (Fsp3) is 0.667. The second-order valence-corrected chi connectivity index (χ2v) is 6.86. The Kier molecular flexibility index (Phi) is 5.76. The topological polar surface area (TPSA) is 91.3 Å². The van der Waals surface area contributed by atoms with Crippen molar-refractivity contribution in [2.24, 2.45) is 5.92 Å². The van der Waals surface area contributed by atoms with Crippen molar-refractivity contribution in [2.45, 2.75) is 51.5 Å². The van der Waals surface area contributed by atoms with Crippen LogP contribution in [0.2, 0.25) is 0 Å². The fourth-order valence-corrected chi connectivity index (χ4v) is 3.51. The molecule has 1 atom stereocenters. The summed E-state index contributed by atoms with van der Waals surface area (Å²) in [4.78, 5) is 27.2. The SMILES string of the molecule is Cc1csc(C(C)CNC(=O)NC2CCC(C(=O)O)CC2)n1. The molecule has 6 nitrogen and oxygen atoms in total. The number of amides is 2. The van der Waals surface area contributed by atoms with Crippen molar-refractivity contribution in [2.75, 3.05) is 6.54 Å². The van der Waals surface area contributed by atoms with Gasteiger partial charge in [0, 0.05) is 29.6 Å². The summed E-state index contributed by atoms with van der Waals surface area (Å²) in [5.41, 5.74) is 1.01. The van der Waals surface area contributed by atoms with Crippen molar-refractivity contribution in [3.63, 3.8) is 0 Å². The maximum Gasteiger partial charge on any atom is 0.315 e. The van der Waals surface area contributed by atoms with Gasteiger partial charge in [-0.25, -0.2) is 9.78 Å². The second-order valence-electron chi connectivity index (χ2n) is 5.97. The first kappa shape index (κ1) is 16.7. The van der Waals surface area contributed by atoms with Crippen molar-refractivity contribution in [1.82, 2.24) is 15.6 Å². The Bertz CT molecular complexity index is 524. The van der Waals surface area contributed by atoms with E-state index in [1.165, 1.54) is 0 Å². The Balaban J connectivity index is 1.69. The number of aliphatic carboxylic acids is 1. The van der Waals surface area contributed by atoms with Gasteiger partial charge in [-0.3, -0.25) is 4.79 Å². The Hall–Kier alpha value is -1.63. The lowest BCUT2D eigenvalue weighted by atomic mass is 9.86. The number of nitrogens with one attached hydrogen (secondary N) is 2. The van der Waals surface area contributed by atoms with Crippen LogP contribution >= 0.6 is 11.3 Å². The molecule has 2 amide bonds. The minimum atomic E-state index is -0.726. The summed E-state index contributed by atoms with van der Waals surface area (Å²) in [7, 11) is 0. The van der Waals surface area contributed by atoms with Crippen LogP contribution in [0.4, 0.5) is 4.79 Å². The minimum Gasteiger partial charge on any atom is -0.481 e. The monoisotopic (exact) mass is 325 g/mol. The van der Waals surface area contributed by atoms with E-state index in [-0.39, 0.29) is 23.9 Å². The molecule has 1 aromatic rings. The van der Waals surface area contributed by atoms with Gasteiger partial charge in [-0.05, 0) is 32.6 Å². The van der Waals surface area contributed by atoms with Crippen LogP contribution in [-0.2, 0) is 4.79 Å². The highest BCUT2D eigenvalue weighted by molar-refractivity contribution is 7.09. The lowest BCUT2D eigenvalue weighted by Crippen LogP contribution is -2.45. The summed E-state index contributed by atoms with van der Waals surface area (Å²) in [6, 6.07) is -0.105. The van der Waals surface area contributed by atoms with Crippen LogP contribution in [0.3, 0.4) is 0 Å². The van der Waals surface area contributed by atoms with Crippen LogP contribution in [-0.4, -0.2) is 34.7 Å². The van der Waals surface area contributed by atoms with Gasteiger partial charge >= 0.3 is 12.0 Å². The molecule has 1 heterocycles. The predicted molar refractivity (Wildman–Crippen MR) is 85.2 cm³/mol. The molecule has 0 spiro atoms. The average Bonchev–Trinajstić information content (AvgIpc) is 2.92. The minimum absolute atomic E-state index is 0.0769. The van der Waals surface area contributed by atoms with Gasteiger partial charge in [-0.1, -0.05) is 6.92 Å². The van der Waals surface area contributed by atoms with Crippen molar-refractivity contribution in [3.8, 4) is 0 Å². The smallest absolute Gasteiger partial charge is 0.315 e. The zero-order chi connectivity index (χ0) is 16.1. The Morgan fingerprint density at radius 1 is 1.41 bits per heavy atom. The average molecular weight is 325 g/mol. The Labute approximate surface area is 134 Å². The van der Waals surface area contributed by atoms with Crippen molar-refractivity contribution < 1.29 is 14.7 Å². The highest BCUT2D eigenvalue weighted by Crippen LogP contribution is 2.24. The molecule has 1 aliphatic rings. The number of aromatic nitrogens is 1. The van der Waals surface area contributed by atoms with Crippen LogP contribution < -0.4 is 10.6 Å². The van der Waals surface area contributed by atoms with E-state index >= 15 is 0 Å². The number of carboxylic acids is 1. The van der Waals surface area contributed by atoms with Crippen molar-refractivity contribution in [3.05, 3.63) is 16.1 Å². The van der Waals surface area contributed by atoms with Gasteiger partial charge in [-0.2, -0.15) is 0 Å². The molecule has 122 valence electrons. The van der Waals surface area contributed by atoms with Gasteiger partial charge in [0.15, 0.2) is 0 Å². The van der Waals surface area contributed by atoms with E-state index in [1.807, 2.05) is 19.2 Å². The molecule has 7 heteroatoms. The van der Waals surface area contributed by atoms with Crippen molar-refractivity contribution >= 4 is 23.3 Å². The van der Waals surface area contributed by atoms with E-state index in [2.05, 4.69) is 15.6 Å². The number of urea groups is 1. The molecular weight excluding hydrogens is 302 g/mol. The molecular formula is C15H23N3O3S. The number of rotatable bonds is 5. The number of thiazole rings is 1. The summed E-state index contributed by atoms with van der Waals surface area (Å²) in [6.07, 6.45) is 2.72. The number of carbonyl (C=O) groups is 2. The van der Waals surface area contributed by atoms with Gasteiger partial charge in [-0.15, -0.1) is 11.3 Å². The fourth-order valence-electron chi connectivity index (χ4n) is 2.65. The highest BCUT2D eigenvalue weighted by atomic mass is 32.1. The first-order chi connectivity index (χ1) is 10.5. The third kappa shape index (κ3) is 4.69. The number of nitrogens with zero attached hydrogens (tertiary/aromatic N) is 1. The van der Waals surface area contributed by atoms with Crippen LogP contribution in [0.5, 0.6) is 0 Å². The molecule has 1 saturated carbocycles. The molecule has 22 heavy (non-hydrogen) atoms. The number of carbonyl (C=O) groups excluding carboxylic acids is 1. The lowest BCUT2D eigenvalue weighted by Gasteiger charge is -2.27. The molecule has 0 aliphatic heterocycles. The Morgan fingerprint density at radius 3 is 2.64 bits per heavy atom. The van der Waals surface area contributed by atoms with E-state index in [0.29, 0.717) is 19.4 Å². The molecule has 2 rings (SSSR count). The van der Waals surface area contributed by atoms with E-state index < -0.39 is 5.97 Å². The summed E-state index contributed by atoms with van der Waals surface area (Å²) in [6.45, 7) is 4.54. The number of aryl methyl sites for hydroxylation is 1. The largest absolute Gasteiger partial charge is 0.481 e. The molecule has 0 saturated heterocycles. The standard InChI is InChI=1S/C15H23N3O3S/c1-9(13-17-10(2)8-22-13)7-16-15(21)18-12-5-3-11(4-6-12)14(19)20/h8-9,11-12H,3-7H2,1-2H3,(H,19,20)(H2,16,18,21). The first-order valence-corrected chi connectivity index (χ1v) is 8.53. The molecule has 3 N–H and O–H groups in total. The van der Waals surface area contributed by atoms with E-state index in [1.54, 1.807) is 11.3 Å². The van der Waals surface area contributed by atoms with Crippen LogP contribution in [0, 0.1) is 12.8 Å². The number of hydrogen-bond acceptors (Lipinski definition) is 4. The van der Waals surface area contributed by atoms with Crippen LogP contribution in [0.1, 0.15) is 49.2 Å². The quantitative estimate of drug-likeness (QED) is 0.775. The van der Waals surface area contributed by atoms with Gasteiger partial charge < -0.3 is 15.7 Å². The van der Waals surface area contributed by atoms with Gasteiger partial charge in [0.1, 0.15) is 0 Å². The van der Waals surface area contributed by atoms with Crippen molar-refractivity contribution in [1.29, 1.82) is 0 Å². The number of hydrogen-bond donors (Lipinski definition) is 3. The maximum atomic E-state index is 11.9. The molecule has 1 unspecified atom stereocenters. The molecule has 1 fully saturated rings. The normalized spacial score (nSPS) is 22.8. The summed E-state index contributed by atoms with van der Waals surface area (Å²) >= 11 is 1.61. The van der Waals surface area contributed by atoms with E-state index in [9.17, 15) is 9.59 Å². The second kappa shape index (κ2) is 7.58. The molecule has 0 bridgehead atoms. The molecule has 1 aromatic heterocycles. The van der Waals surface area contributed by atoms with Gasteiger partial charge in [0.05, 0.1) is 10.9 Å². The summed E-state index contributed by atoms with van der Waals surface area (Å²) in [5, 5.41) is 17.8. The summed E-state index contributed by atoms with van der Waals surface area (Å²) in [5.74, 6) is -0.794. The van der Waals surface area contributed by atoms with Crippen LogP contribution in [0.15, 0.2) is 5.38 Å². The predicted octanol–water partition coefficient (Wildman–Crippen LogP) is 2.50. The van der Waals surface area contributed by atoms with Gasteiger partial charge in [0.2, 0.25) is 0 Å². The van der Waals surface area contributed by atoms with E-state index in [4.69, 9.17) is 5.11 Å². The zero-order valence-corrected chi connectivity index (χ0v) is 13.8. The molecule has 1 aliphatic carbocycles. The van der Waals surface area contributed by atoms with Crippen LogP contribution in [0.25, 0.3) is 0 Å². The highest BCUT2D eigenvalue weighted by Gasteiger charge is 2.26. The third-order valence-electron chi connectivity index (χ3n) is 4.04. The molecule has 0 radical (unpaired) electrons. The Morgan fingerprint density at radius 2 is 2.09 bits per heavy atom. The zero-order valence-electron chi connectivity index (χ0n) is 13.0. The van der Waals surface area contributed by atoms with E-state index in [0.717, 1.165) is 23.5 Å². The van der Waals surface area contributed by atoms with Gasteiger partial charge in [0.25, 0.3) is 0 Å². The first-order valence-electron chi connectivity index (χ1n) is 7.65. The lowest BCUT2D eigenvalue weighted by molar-refractivity contribution is -0.142. The molecule has 0 aromatic carbocycles.